The number of hydrogen-bond donors (Lipinski definition) is 0. The minimum atomic E-state index is 0.0233. The summed E-state index contributed by atoms with van der Waals surface area (Å²) in [5.74, 6) is 3.12. The molecule has 1 saturated heterocycles. The summed E-state index contributed by atoms with van der Waals surface area (Å²) in [5.41, 5.74) is 1.29. The molecule has 1 heterocycles. The molecule has 0 aromatic heterocycles. The molecular weight excluding hydrogens is 334 g/mol. The van der Waals surface area contributed by atoms with Gasteiger partial charge in [0.25, 0.3) is 0 Å². The lowest BCUT2D eigenvalue weighted by atomic mass is 9.84. The normalized spacial score (nSPS) is 19.0. The number of methoxy groups -OCH3 is 2. The Kier molecular flexibility index (Phi) is 6.66. The standard InChI is InChI=1S/C20H31NO3S/c1-14(13-20(2,3)4)11-18(22)21-9-10-25-19(21)16-8-7-15(23-5)12-17(16)24-6/h7-8,12,14,19H,9-11,13H2,1-6H3/t14-,19-/m1/s1. The predicted octanol–water partition coefficient (Wildman–Crippen LogP) is 4.74. The zero-order valence-corrected chi connectivity index (χ0v) is 17.1. The van der Waals surface area contributed by atoms with E-state index in [1.54, 1.807) is 26.0 Å². The van der Waals surface area contributed by atoms with Gasteiger partial charge in [-0.15, -0.1) is 11.8 Å². The van der Waals surface area contributed by atoms with E-state index in [1.807, 2.05) is 23.1 Å². The van der Waals surface area contributed by atoms with Crippen molar-refractivity contribution in [3.05, 3.63) is 23.8 Å². The van der Waals surface area contributed by atoms with E-state index >= 15 is 0 Å². The molecule has 1 aliphatic rings. The van der Waals surface area contributed by atoms with Crippen LogP contribution in [0.1, 0.15) is 51.5 Å². The first-order valence-electron chi connectivity index (χ1n) is 8.88. The van der Waals surface area contributed by atoms with Crippen molar-refractivity contribution in [3.63, 3.8) is 0 Å². The fourth-order valence-electron chi connectivity index (χ4n) is 3.54. The summed E-state index contributed by atoms with van der Waals surface area (Å²) < 4.78 is 10.8. The fourth-order valence-corrected chi connectivity index (χ4v) is 4.84. The van der Waals surface area contributed by atoms with Crippen molar-refractivity contribution < 1.29 is 14.3 Å². The molecule has 1 amide bonds. The lowest BCUT2D eigenvalue weighted by molar-refractivity contribution is -0.132. The van der Waals surface area contributed by atoms with Crippen LogP contribution in [0.15, 0.2) is 18.2 Å². The molecule has 0 radical (unpaired) electrons. The van der Waals surface area contributed by atoms with Gasteiger partial charge in [-0.05, 0) is 29.9 Å². The van der Waals surface area contributed by atoms with Crippen LogP contribution < -0.4 is 9.47 Å². The van der Waals surface area contributed by atoms with Gasteiger partial charge >= 0.3 is 0 Å². The van der Waals surface area contributed by atoms with E-state index in [2.05, 4.69) is 27.7 Å². The van der Waals surface area contributed by atoms with Crippen LogP contribution in [0.2, 0.25) is 0 Å². The smallest absolute Gasteiger partial charge is 0.224 e. The van der Waals surface area contributed by atoms with Gasteiger partial charge in [0, 0.05) is 30.3 Å². The Morgan fingerprint density at radius 1 is 1.32 bits per heavy atom. The number of carbonyl (C=O) groups excluding carboxylic acids is 1. The van der Waals surface area contributed by atoms with E-state index in [9.17, 15) is 4.79 Å². The highest BCUT2D eigenvalue weighted by molar-refractivity contribution is 7.99. The van der Waals surface area contributed by atoms with Crippen LogP contribution in [0.5, 0.6) is 11.5 Å². The molecule has 1 fully saturated rings. The van der Waals surface area contributed by atoms with Crippen molar-refractivity contribution >= 4 is 17.7 Å². The molecule has 0 spiro atoms. The van der Waals surface area contributed by atoms with Crippen LogP contribution in [0.25, 0.3) is 0 Å². The topological polar surface area (TPSA) is 38.8 Å². The van der Waals surface area contributed by atoms with E-state index in [-0.39, 0.29) is 16.7 Å². The van der Waals surface area contributed by atoms with E-state index in [1.165, 1.54) is 0 Å². The number of amides is 1. The first kappa shape index (κ1) is 20.0. The maximum absolute atomic E-state index is 12.9. The van der Waals surface area contributed by atoms with Gasteiger partial charge in [0.1, 0.15) is 16.9 Å². The Bertz CT molecular complexity index is 597. The Hall–Kier alpha value is -1.36. The van der Waals surface area contributed by atoms with E-state index in [0.717, 1.165) is 35.8 Å². The Balaban J connectivity index is 2.13. The van der Waals surface area contributed by atoms with E-state index in [4.69, 9.17) is 9.47 Å². The summed E-state index contributed by atoms with van der Waals surface area (Å²) in [7, 11) is 3.31. The first-order chi connectivity index (χ1) is 11.7. The van der Waals surface area contributed by atoms with Gasteiger partial charge in [-0.2, -0.15) is 0 Å². The van der Waals surface area contributed by atoms with Gasteiger partial charge in [-0.3, -0.25) is 4.79 Å². The van der Waals surface area contributed by atoms with Gasteiger partial charge in [0.15, 0.2) is 0 Å². The van der Waals surface area contributed by atoms with Crippen LogP contribution in [0, 0.1) is 11.3 Å². The largest absolute Gasteiger partial charge is 0.497 e. The number of carbonyl (C=O) groups is 1. The molecule has 5 heteroatoms. The van der Waals surface area contributed by atoms with E-state index < -0.39 is 0 Å². The summed E-state index contributed by atoms with van der Waals surface area (Å²) in [6, 6.07) is 5.83. The minimum absolute atomic E-state index is 0.0233. The van der Waals surface area contributed by atoms with Gasteiger partial charge in [0.2, 0.25) is 5.91 Å². The second-order valence-electron chi connectivity index (χ2n) is 7.99. The number of benzene rings is 1. The maximum atomic E-state index is 12.9. The molecule has 0 unspecified atom stereocenters. The van der Waals surface area contributed by atoms with Gasteiger partial charge < -0.3 is 14.4 Å². The molecule has 0 saturated carbocycles. The third-order valence-corrected chi connectivity index (χ3v) is 5.64. The summed E-state index contributed by atoms with van der Waals surface area (Å²) in [4.78, 5) is 14.9. The molecule has 25 heavy (non-hydrogen) atoms. The van der Waals surface area contributed by atoms with Crippen molar-refractivity contribution in [2.45, 2.75) is 45.9 Å². The zero-order valence-electron chi connectivity index (χ0n) is 16.3. The molecule has 1 aromatic rings. The molecule has 0 aliphatic carbocycles. The molecule has 140 valence electrons. The summed E-state index contributed by atoms with van der Waals surface area (Å²) in [5, 5.41) is 0.0233. The highest BCUT2D eigenvalue weighted by Crippen LogP contribution is 2.43. The first-order valence-corrected chi connectivity index (χ1v) is 9.93. The van der Waals surface area contributed by atoms with Crippen LogP contribution in [-0.2, 0) is 4.79 Å². The van der Waals surface area contributed by atoms with Crippen LogP contribution in [-0.4, -0.2) is 37.3 Å². The average Bonchev–Trinajstić information content (AvgIpc) is 3.01. The van der Waals surface area contributed by atoms with Gasteiger partial charge in [-0.25, -0.2) is 0 Å². The lowest BCUT2D eigenvalue weighted by Crippen LogP contribution is -2.32. The molecular formula is C20H31NO3S. The molecule has 2 atom stereocenters. The van der Waals surface area contributed by atoms with Crippen molar-refractivity contribution in [3.8, 4) is 11.5 Å². The van der Waals surface area contributed by atoms with Crippen LogP contribution in [0.3, 0.4) is 0 Å². The molecule has 1 aromatic carbocycles. The summed E-state index contributed by atoms with van der Waals surface area (Å²) in [6.45, 7) is 9.65. The lowest BCUT2D eigenvalue weighted by Gasteiger charge is -2.28. The van der Waals surface area contributed by atoms with Gasteiger partial charge in [0.05, 0.1) is 14.2 Å². The Morgan fingerprint density at radius 2 is 2.04 bits per heavy atom. The Morgan fingerprint density at radius 3 is 2.64 bits per heavy atom. The summed E-state index contributed by atoms with van der Waals surface area (Å²) in [6.07, 6.45) is 1.66. The third-order valence-electron chi connectivity index (χ3n) is 4.40. The highest BCUT2D eigenvalue weighted by Gasteiger charge is 2.33. The fraction of sp³-hybridized carbons (Fsp3) is 0.650. The average molecular weight is 366 g/mol. The van der Waals surface area contributed by atoms with Crippen molar-refractivity contribution in [1.29, 1.82) is 0 Å². The highest BCUT2D eigenvalue weighted by atomic mass is 32.2. The van der Waals surface area contributed by atoms with Gasteiger partial charge in [-0.1, -0.05) is 27.7 Å². The minimum Gasteiger partial charge on any atom is -0.497 e. The van der Waals surface area contributed by atoms with Crippen molar-refractivity contribution in [1.82, 2.24) is 4.90 Å². The number of hydrogen-bond acceptors (Lipinski definition) is 4. The predicted molar refractivity (Wildman–Crippen MR) is 104 cm³/mol. The molecule has 0 N–H and O–H groups in total. The molecule has 4 nitrogen and oxygen atoms in total. The number of rotatable bonds is 6. The van der Waals surface area contributed by atoms with Crippen molar-refractivity contribution in [2.75, 3.05) is 26.5 Å². The molecule has 2 rings (SSSR count). The van der Waals surface area contributed by atoms with Crippen LogP contribution >= 0.6 is 11.8 Å². The third kappa shape index (κ3) is 5.30. The molecule has 1 aliphatic heterocycles. The SMILES string of the molecule is COc1ccc([C@H]2SCCN2C(=O)C[C@@H](C)CC(C)(C)C)c(OC)c1. The second-order valence-corrected chi connectivity index (χ2v) is 9.18. The second kappa shape index (κ2) is 8.35. The monoisotopic (exact) mass is 365 g/mol. The number of nitrogens with zero attached hydrogens (tertiary/aromatic N) is 1. The number of ether oxygens (including phenoxy) is 2. The molecule has 0 bridgehead atoms. The quantitative estimate of drug-likeness (QED) is 0.730. The number of thioether (sulfide) groups is 1. The Labute approximate surface area is 156 Å². The zero-order chi connectivity index (χ0) is 18.6. The maximum Gasteiger partial charge on any atom is 0.224 e. The van der Waals surface area contributed by atoms with Crippen LogP contribution in [0.4, 0.5) is 0 Å². The van der Waals surface area contributed by atoms with Crippen molar-refractivity contribution in [2.24, 2.45) is 11.3 Å². The summed E-state index contributed by atoms with van der Waals surface area (Å²) >= 11 is 1.80. The van der Waals surface area contributed by atoms with E-state index in [0.29, 0.717) is 12.3 Å².